The highest BCUT2D eigenvalue weighted by Crippen LogP contribution is 2.28. The van der Waals surface area contributed by atoms with E-state index in [9.17, 15) is 4.79 Å². The third-order valence-electron chi connectivity index (χ3n) is 5.11. The maximum atomic E-state index is 13.1. The Morgan fingerprint density at radius 3 is 2.21 bits per heavy atom. The van der Waals surface area contributed by atoms with Gasteiger partial charge in [0.15, 0.2) is 0 Å². The number of halogens is 2. The lowest BCUT2D eigenvalue weighted by Crippen LogP contribution is -2.44. The standard InChI is InChI=1S/C22H29N3O.2ClH/c1-3-24(4-2)22(26)19-11-8-12-21(25-15-13-23-14-16-25)20(19)17-18-9-6-5-7-10-18;;/h5-12,23H,3-4,13-17H2,1-2H3;2*1H. The molecule has 3 rings (SSSR count). The first-order valence-corrected chi connectivity index (χ1v) is 9.65. The monoisotopic (exact) mass is 423 g/mol. The summed E-state index contributed by atoms with van der Waals surface area (Å²) >= 11 is 0. The summed E-state index contributed by atoms with van der Waals surface area (Å²) in [5, 5.41) is 3.41. The molecular formula is C22H31Cl2N3O. The number of amides is 1. The number of piperazine rings is 1. The molecule has 0 unspecified atom stereocenters. The van der Waals surface area contributed by atoms with Crippen LogP contribution in [0.5, 0.6) is 0 Å². The van der Waals surface area contributed by atoms with Crippen molar-refractivity contribution in [3.63, 3.8) is 0 Å². The van der Waals surface area contributed by atoms with Crippen LogP contribution in [-0.2, 0) is 6.42 Å². The molecule has 1 heterocycles. The molecular weight excluding hydrogens is 393 g/mol. The normalized spacial score (nSPS) is 13.3. The molecule has 28 heavy (non-hydrogen) atoms. The lowest BCUT2D eigenvalue weighted by Gasteiger charge is -2.32. The molecule has 1 aliphatic rings. The fourth-order valence-electron chi connectivity index (χ4n) is 3.64. The van der Waals surface area contributed by atoms with Gasteiger partial charge in [-0.25, -0.2) is 0 Å². The Labute approximate surface area is 181 Å². The van der Waals surface area contributed by atoms with E-state index < -0.39 is 0 Å². The summed E-state index contributed by atoms with van der Waals surface area (Å²) in [6.45, 7) is 9.47. The third-order valence-corrected chi connectivity index (χ3v) is 5.11. The predicted molar refractivity (Wildman–Crippen MR) is 123 cm³/mol. The Balaban J connectivity index is 0.00000196. The van der Waals surface area contributed by atoms with E-state index in [4.69, 9.17) is 0 Å². The minimum Gasteiger partial charge on any atom is -0.369 e. The van der Waals surface area contributed by atoms with Gasteiger partial charge in [0.1, 0.15) is 0 Å². The van der Waals surface area contributed by atoms with Crippen molar-refractivity contribution in [2.75, 3.05) is 44.2 Å². The zero-order valence-electron chi connectivity index (χ0n) is 16.7. The summed E-state index contributed by atoms with van der Waals surface area (Å²) < 4.78 is 0. The molecule has 0 spiro atoms. The van der Waals surface area contributed by atoms with Gasteiger partial charge in [-0.05, 0) is 37.1 Å². The summed E-state index contributed by atoms with van der Waals surface area (Å²) in [5.74, 6) is 0.137. The van der Waals surface area contributed by atoms with E-state index >= 15 is 0 Å². The molecule has 1 fully saturated rings. The SMILES string of the molecule is CCN(CC)C(=O)c1cccc(N2CCNCC2)c1Cc1ccccc1.Cl.Cl. The van der Waals surface area contributed by atoms with Gasteiger partial charge >= 0.3 is 0 Å². The van der Waals surface area contributed by atoms with Crippen LogP contribution in [0.25, 0.3) is 0 Å². The van der Waals surface area contributed by atoms with Crippen molar-refractivity contribution in [1.29, 1.82) is 0 Å². The highest BCUT2D eigenvalue weighted by molar-refractivity contribution is 5.97. The minimum absolute atomic E-state index is 0. The van der Waals surface area contributed by atoms with E-state index in [0.29, 0.717) is 0 Å². The Bertz CT molecular complexity index is 730. The maximum Gasteiger partial charge on any atom is 0.254 e. The van der Waals surface area contributed by atoms with Crippen LogP contribution in [0.3, 0.4) is 0 Å². The molecule has 6 heteroatoms. The third kappa shape index (κ3) is 5.63. The van der Waals surface area contributed by atoms with Gasteiger partial charge < -0.3 is 15.1 Å². The molecule has 1 N–H and O–H groups in total. The fourth-order valence-corrected chi connectivity index (χ4v) is 3.64. The molecule has 2 aromatic carbocycles. The van der Waals surface area contributed by atoms with Gasteiger partial charge in [0.25, 0.3) is 5.91 Å². The van der Waals surface area contributed by atoms with E-state index in [2.05, 4.69) is 40.5 Å². The highest BCUT2D eigenvalue weighted by Gasteiger charge is 2.22. The zero-order valence-corrected chi connectivity index (χ0v) is 18.3. The zero-order chi connectivity index (χ0) is 18.4. The van der Waals surface area contributed by atoms with Crippen molar-refractivity contribution >= 4 is 36.4 Å². The molecule has 1 aliphatic heterocycles. The molecule has 0 aromatic heterocycles. The Morgan fingerprint density at radius 1 is 0.964 bits per heavy atom. The lowest BCUT2D eigenvalue weighted by molar-refractivity contribution is 0.0772. The second-order valence-corrected chi connectivity index (χ2v) is 6.68. The van der Waals surface area contributed by atoms with Crippen molar-refractivity contribution < 1.29 is 4.79 Å². The summed E-state index contributed by atoms with van der Waals surface area (Å²) in [5.41, 5.74) is 4.43. The smallest absolute Gasteiger partial charge is 0.254 e. The number of carbonyl (C=O) groups excluding carboxylic acids is 1. The number of anilines is 1. The van der Waals surface area contributed by atoms with Crippen molar-refractivity contribution in [2.45, 2.75) is 20.3 Å². The average Bonchev–Trinajstić information content (AvgIpc) is 2.70. The van der Waals surface area contributed by atoms with Gasteiger partial charge in [0, 0.05) is 56.9 Å². The van der Waals surface area contributed by atoms with Crippen LogP contribution in [0.1, 0.15) is 35.3 Å². The van der Waals surface area contributed by atoms with Crippen LogP contribution < -0.4 is 10.2 Å². The Kier molecular flexibility index (Phi) is 10.4. The molecule has 0 aliphatic carbocycles. The second kappa shape index (κ2) is 11.9. The van der Waals surface area contributed by atoms with E-state index in [0.717, 1.165) is 56.8 Å². The van der Waals surface area contributed by atoms with E-state index in [1.165, 1.54) is 11.3 Å². The predicted octanol–water partition coefficient (Wildman–Crippen LogP) is 4.01. The molecule has 0 bridgehead atoms. The van der Waals surface area contributed by atoms with Crippen LogP contribution in [0.15, 0.2) is 48.5 Å². The molecule has 0 radical (unpaired) electrons. The average molecular weight is 424 g/mol. The Hall–Kier alpha value is -1.75. The van der Waals surface area contributed by atoms with Crippen LogP contribution >= 0.6 is 24.8 Å². The van der Waals surface area contributed by atoms with Gasteiger partial charge in [-0.15, -0.1) is 24.8 Å². The second-order valence-electron chi connectivity index (χ2n) is 6.68. The van der Waals surface area contributed by atoms with Gasteiger partial charge in [-0.3, -0.25) is 4.79 Å². The molecule has 2 aromatic rings. The summed E-state index contributed by atoms with van der Waals surface area (Å²) in [6, 6.07) is 16.6. The van der Waals surface area contributed by atoms with Crippen molar-refractivity contribution in [3.05, 3.63) is 65.2 Å². The summed E-state index contributed by atoms with van der Waals surface area (Å²) in [6.07, 6.45) is 0.781. The number of nitrogens with one attached hydrogen (secondary N) is 1. The van der Waals surface area contributed by atoms with Gasteiger partial charge in [0.2, 0.25) is 0 Å². The van der Waals surface area contributed by atoms with Gasteiger partial charge in [0.05, 0.1) is 0 Å². The Morgan fingerprint density at radius 2 is 1.61 bits per heavy atom. The number of hydrogen-bond donors (Lipinski definition) is 1. The highest BCUT2D eigenvalue weighted by atomic mass is 35.5. The maximum absolute atomic E-state index is 13.1. The topological polar surface area (TPSA) is 35.6 Å². The van der Waals surface area contributed by atoms with Gasteiger partial charge in [-0.2, -0.15) is 0 Å². The van der Waals surface area contributed by atoms with Gasteiger partial charge in [-0.1, -0.05) is 36.4 Å². The molecule has 4 nitrogen and oxygen atoms in total. The van der Waals surface area contributed by atoms with Crippen molar-refractivity contribution in [1.82, 2.24) is 10.2 Å². The number of carbonyl (C=O) groups is 1. The summed E-state index contributed by atoms with van der Waals surface area (Å²) in [7, 11) is 0. The van der Waals surface area contributed by atoms with Crippen LogP contribution in [-0.4, -0.2) is 50.1 Å². The number of nitrogens with zero attached hydrogens (tertiary/aromatic N) is 2. The molecule has 0 atom stereocenters. The van der Waals surface area contributed by atoms with E-state index in [1.807, 2.05) is 36.9 Å². The lowest BCUT2D eigenvalue weighted by atomic mass is 9.96. The van der Waals surface area contributed by atoms with Crippen LogP contribution in [0.2, 0.25) is 0 Å². The molecule has 0 saturated carbocycles. The number of rotatable bonds is 6. The first-order chi connectivity index (χ1) is 12.7. The molecule has 1 amide bonds. The fraction of sp³-hybridized carbons (Fsp3) is 0.409. The summed E-state index contributed by atoms with van der Waals surface area (Å²) in [4.78, 5) is 17.5. The molecule has 154 valence electrons. The number of benzene rings is 2. The number of hydrogen-bond acceptors (Lipinski definition) is 3. The first-order valence-electron chi connectivity index (χ1n) is 9.65. The van der Waals surface area contributed by atoms with Crippen molar-refractivity contribution in [2.24, 2.45) is 0 Å². The minimum atomic E-state index is 0. The molecule has 1 saturated heterocycles. The van der Waals surface area contributed by atoms with E-state index in [1.54, 1.807) is 0 Å². The van der Waals surface area contributed by atoms with Crippen molar-refractivity contribution in [3.8, 4) is 0 Å². The van der Waals surface area contributed by atoms with Crippen LogP contribution in [0, 0.1) is 0 Å². The van der Waals surface area contributed by atoms with E-state index in [-0.39, 0.29) is 30.7 Å². The first kappa shape index (κ1) is 24.3. The largest absolute Gasteiger partial charge is 0.369 e. The quantitative estimate of drug-likeness (QED) is 0.761. The van der Waals surface area contributed by atoms with Crippen LogP contribution in [0.4, 0.5) is 5.69 Å².